The molecule has 4 nitrogen and oxygen atoms in total. The van der Waals surface area contributed by atoms with Gasteiger partial charge >= 0.3 is 0 Å². The first-order valence-electron chi connectivity index (χ1n) is 6.28. The van der Waals surface area contributed by atoms with E-state index in [4.69, 9.17) is 27.9 Å². The molecule has 1 heterocycles. The number of amides is 1. The summed E-state index contributed by atoms with van der Waals surface area (Å²) in [6, 6.07) is 10.2. The molecule has 0 bridgehead atoms. The van der Waals surface area contributed by atoms with Gasteiger partial charge in [0.15, 0.2) is 0 Å². The predicted octanol–water partition coefficient (Wildman–Crippen LogP) is 3.89. The number of aromatic nitrogens is 1. The van der Waals surface area contributed by atoms with Crippen molar-refractivity contribution in [2.75, 3.05) is 7.11 Å². The quantitative estimate of drug-likeness (QED) is 0.868. The van der Waals surface area contributed by atoms with Crippen LogP contribution in [0.5, 0.6) is 5.75 Å². The Balaban J connectivity index is 2.18. The van der Waals surface area contributed by atoms with Gasteiger partial charge in [0.05, 0.1) is 13.2 Å². The first-order valence-corrected chi connectivity index (χ1v) is 7.03. The van der Waals surface area contributed by atoms with E-state index in [1.54, 1.807) is 7.11 Å². The lowest BCUT2D eigenvalue weighted by Gasteiger charge is -2.17. The fourth-order valence-electron chi connectivity index (χ4n) is 1.98. The first-order chi connectivity index (χ1) is 10.0. The topological polar surface area (TPSA) is 51.2 Å². The zero-order valence-electron chi connectivity index (χ0n) is 11.6. The van der Waals surface area contributed by atoms with E-state index in [1.165, 1.54) is 12.1 Å². The molecule has 0 spiro atoms. The second kappa shape index (κ2) is 6.78. The number of ether oxygens (including phenoxy) is 1. The lowest BCUT2D eigenvalue weighted by Crippen LogP contribution is -2.27. The van der Waals surface area contributed by atoms with Crippen molar-refractivity contribution in [2.45, 2.75) is 13.0 Å². The van der Waals surface area contributed by atoms with E-state index in [2.05, 4.69) is 10.3 Å². The van der Waals surface area contributed by atoms with Gasteiger partial charge in [-0.3, -0.25) is 4.79 Å². The van der Waals surface area contributed by atoms with Crippen molar-refractivity contribution in [3.05, 3.63) is 57.8 Å². The Kier molecular flexibility index (Phi) is 5.04. The number of halogens is 2. The van der Waals surface area contributed by atoms with Gasteiger partial charge in [-0.15, -0.1) is 0 Å². The Bertz CT molecular complexity index is 642. The maximum absolute atomic E-state index is 12.2. The van der Waals surface area contributed by atoms with Crippen LogP contribution in [0.25, 0.3) is 0 Å². The van der Waals surface area contributed by atoms with Crippen molar-refractivity contribution < 1.29 is 9.53 Å². The van der Waals surface area contributed by atoms with Crippen molar-refractivity contribution in [1.29, 1.82) is 0 Å². The second-order valence-electron chi connectivity index (χ2n) is 4.44. The van der Waals surface area contributed by atoms with Gasteiger partial charge in [-0.25, -0.2) is 4.98 Å². The molecule has 6 heteroatoms. The van der Waals surface area contributed by atoms with Gasteiger partial charge in [0.2, 0.25) is 0 Å². The van der Waals surface area contributed by atoms with Gasteiger partial charge < -0.3 is 10.1 Å². The highest BCUT2D eigenvalue weighted by Crippen LogP contribution is 2.25. The molecule has 1 amide bonds. The summed E-state index contributed by atoms with van der Waals surface area (Å²) in [5.41, 5.74) is 1.25. The first kappa shape index (κ1) is 15.6. The summed E-state index contributed by atoms with van der Waals surface area (Å²) in [6.45, 7) is 1.88. The van der Waals surface area contributed by atoms with Crippen LogP contribution in [0.1, 0.15) is 28.9 Å². The van der Waals surface area contributed by atoms with Gasteiger partial charge in [0.25, 0.3) is 5.91 Å². The SMILES string of the molecule is COc1ccccc1C(C)NC(=O)c1cc(Cl)nc(Cl)c1. The Morgan fingerprint density at radius 1 is 1.24 bits per heavy atom. The number of hydrogen-bond donors (Lipinski definition) is 1. The summed E-state index contributed by atoms with van der Waals surface area (Å²) in [4.78, 5) is 16.0. The molecule has 1 unspecified atom stereocenters. The normalized spacial score (nSPS) is 11.8. The molecule has 0 aliphatic rings. The molecule has 2 aromatic rings. The van der Waals surface area contributed by atoms with Crippen LogP contribution in [-0.2, 0) is 0 Å². The summed E-state index contributed by atoms with van der Waals surface area (Å²) < 4.78 is 5.29. The van der Waals surface area contributed by atoms with Crippen LogP contribution in [0.15, 0.2) is 36.4 Å². The highest BCUT2D eigenvalue weighted by molar-refractivity contribution is 6.33. The Labute approximate surface area is 133 Å². The van der Waals surface area contributed by atoms with Gasteiger partial charge in [0, 0.05) is 11.1 Å². The fourth-order valence-corrected chi connectivity index (χ4v) is 2.44. The largest absolute Gasteiger partial charge is 0.496 e. The number of nitrogens with one attached hydrogen (secondary N) is 1. The van der Waals surface area contributed by atoms with E-state index < -0.39 is 0 Å². The molecule has 1 atom stereocenters. The Morgan fingerprint density at radius 3 is 2.48 bits per heavy atom. The molecule has 2 rings (SSSR count). The van der Waals surface area contributed by atoms with Gasteiger partial charge in [-0.05, 0) is 25.1 Å². The molecule has 0 radical (unpaired) electrons. The molecule has 0 aliphatic heterocycles. The van der Waals surface area contributed by atoms with E-state index in [1.807, 2.05) is 31.2 Å². The molecule has 110 valence electrons. The van der Waals surface area contributed by atoms with Crippen LogP contribution in [0.4, 0.5) is 0 Å². The van der Waals surface area contributed by atoms with Crippen molar-refractivity contribution in [3.63, 3.8) is 0 Å². The van der Waals surface area contributed by atoms with Crippen LogP contribution in [0, 0.1) is 0 Å². The summed E-state index contributed by atoms with van der Waals surface area (Å²) in [6.07, 6.45) is 0. The van der Waals surface area contributed by atoms with Gasteiger partial charge in [0.1, 0.15) is 16.1 Å². The Hall–Kier alpha value is -1.78. The minimum absolute atomic E-state index is 0.178. The average Bonchev–Trinajstić information content (AvgIpc) is 2.46. The molecule has 0 aliphatic carbocycles. The van der Waals surface area contributed by atoms with E-state index >= 15 is 0 Å². The van der Waals surface area contributed by atoms with Crippen LogP contribution in [-0.4, -0.2) is 18.0 Å². The number of methoxy groups -OCH3 is 1. The summed E-state index contributed by atoms with van der Waals surface area (Å²) in [7, 11) is 1.59. The molecule has 0 fully saturated rings. The van der Waals surface area contributed by atoms with Gasteiger partial charge in [-0.1, -0.05) is 41.4 Å². The molecule has 1 aromatic heterocycles. The summed E-state index contributed by atoms with van der Waals surface area (Å²) in [5, 5.41) is 3.23. The van der Waals surface area contributed by atoms with Crippen molar-refractivity contribution in [3.8, 4) is 5.75 Å². The maximum atomic E-state index is 12.2. The third-order valence-corrected chi connectivity index (χ3v) is 3.37. The molecule has 0 saturated carbocycles. The molecular formula is C15H14Cl2N2O2. The third-order valence-electron chi connectivity index (χ3n) is 2.98. The lowest BCUT2D eigenvalue weighted by atomic mass is 10.1. The number of carbonyl (C=O) groups is 1. The number of hydrogen-bond acceptors (Lipinski definition) is 3. The van der Waals surface area contributed by atoms with E-state index in [0.29, 0.717) is 5.56 Å². The third kappa shape index (κ3) is 3.86. The number of rotatable bonds is 4. The smallest absolute Gasteiger partial charge is 0.251 e. The highest BCUT2D eigenvalue weighted by atomic mass is 35.5. The van der Waals surface area contributed by atoms with E-state index in [0.717, 1.165) is 11.3 Å². The number of para-hydroxylation sites is 1. The minimum atomic E-state index is -0.278. The lowest BCUT2D eigenvalue weighted by molar-refractivity contribution is 0.0939. The van der Waals surface area contributed by atoms with E-state index in [-0.39, 0.29) is 22.3 Å². The molecular weight excluding hydrogens is 311 g/mol. The summed E-state index contributed by atoms with van der Waals surface area (Å²) in [5.74, 6) is 0.440. The maximum Gasteiger partial charge on any atom is 0.251 e. The molecule has 1 aromatic carbocycles. The van der Waals surface area contributed by atoms with Crippen molar-refractivity contribution >= 4 is 29.1 Å². The number of carbonyl (C=O) groups excluding carboxylic acids is 1. The second-order valence-corrected chi connectivity index (χ2v) is 5.21. The van der Waals surface area contributed by atoms with Crippen molar-refractivity contribution in [1.82, 2.24) is 10.3 Å². The standard InChI is InChI=1S/C15H14Cl2N2O2/c1-9(11-5-3-4-6-12(11)21-2)18-15(20)10-7-13(16)19-14(17)8-10/h3-9H,1-2H3,(H,18,20). The number of benzene rings is 1. The molecule has 0 saturated heterocycles. The number of nitrogens with zero attached hydrogens (tertiary/aromatic N) is 1. The predicted molar refractivity (Wildman–Crippen MR) is 83.1 cm³/mol. The van der Waals surface area contributed by atoms with Crippen LogP contribution >= 0.6 is 23.2 Å². The van der Waals surface area contributed by atoms with Crippen LogP contribution in [0.3, 0.4) is 0 Å². The number of pyridine rings is 1. The van der Waals surface area contributed by atoms with Crippen LogP contribution in [0.2, 0.25) is 10.3 Å². The molecule has 1 N–H and O–H groups in total. The Morgan fingerprint density at radius 2 is 1.86 bits per heavy atom. The van der Waals surface area contributed by atoms with Crippen molar-refractivity contribution in [2.24, 2.45) is 0 Å². The van der Waals surface area contributed by atoms with Crippen LogP contribution < -0.4 is 10.1 Å². The molecule has 21 heavy (non-hydrogen) atoms. The van der Waals surface area contributed by atoms with Gasteiger partial charge in [-0.2, -0.15) is 0 Å². The average molecular weight is 325 g/mol. The van der Waals surface area contributed by atoms with E-state index in [9.17, 15) is 4.79 Å². The minimum Gasteiger partial charge on any atom is -0.496 e. The zero-order valence-corrected chi connectivity index (χ0v) is 13.1. The monoisotopic (exact) mass is 324 g/mol. The zero-order chi connectivity index (χ0) is 15.4. The summed E-state index contributed by atoms with van der Waals surface area (Å²) >= 11 is 11.6. The fraction of sp³-hybridized carbons (Fsp3) is 0.200. The highest BCUT2D eigenvalue weighted by Gasteiger charge is 2.15.